The summed E-state index contributed by atoms with van der Waals surface area (Å²) in [6.07, 6.45) is 8.43. The molecular weight excluding hydrogens is 274 g/mol. The van der Waals surface area contributed by atoms with Crippen LogP contribution in [0.2, 0.25) is 0 Å². The molecule has 1 aromatic rings. The minimum Gasteiger partial charge on any atom is -0.493 e. The molecule has 0 N–H and O–H groups in total. The summed E-state index contributed by atoms with van der Waals surface area (Å²) in [5.41, 5.74) is 2.97. The predicted molar refractivity (Wildman–Crippen MR) is 87.3 cm³/mol. The topological polar surface area (TPSA) is 18.5 Å². The number of rotatable bonds is 2. The largest absolute Gasteiger partial charge is 0.493 e. The van der Waals surface area contributed by atoms with E-state index >= 15 is 0 Å². The molecule has 0 amide bonds. The molecule has 0 radical (unpaired) electrons. The van der Waals surface area contributed by atoms with Gasteiger partial charge in [-0.15, -0.1) is 0 Å². The van der Waals surface area contributed by atoms with Crippen molar-refractivity contribution in [3.05, 3.63) is 35.4 Å². The molecule has 0 unspecified atom stereocenters. The Morgan fingerprint density at radius 1 is 1.05 bits per heavy atom. The van der Waals surface area contributed by atoms with Gasteiger partial charge in [-0.05, 0) is 30.5 Å². The molecule has 3 aliphatic rings. The number of ether oxygens (including phenoxy) is 2. The third-order valence-corrected chi connectivity index (χ3v) is 6.20. The summed E-state index contributed by atoms with van der Waals surface area (Å²) in [7, 11) is 5.93. The second kappa shape index (κ2) is 5.02. The Labute approximate surface area is 133 Å². The maximum absolute atomic E-state index is 5.57. The fourth-order valence-corrected chi connectivity index (χ4v) is 5.20. The van der Waals surface area contributed by atoms with E-state index in [1.54, 1.807) is 14.2 Å². The Morgan fingerprint density at radius 2 is 1.77 bits per heavy atom. The van der Waals surface area contributed by atoms with Crippen molar-refractivity contribution in [2.75, 3.05) is 34.4 Å². The van der Waals surface area contributed by atoms with Crippen LogP contribution in [0.1, 0.15) is 30.0 Å². The van der Waals surface area contributed by atoms with Gasteiger partial charge in [-0.3, -0.25) is 0 Å². The maximum Gasteiger partial charge on any atom is 0.161 e. The second-order valence-corrected chi connectivity index (χ2v) is 7.35. The van der Waals surface area contributed by atoms with Gasteiger partial charge in [0.15, 0.2) is 11.5 Å². The van der Waals surface area contributed by atoms with Crippen LogP contribution in [0.25, 0.3) is 0 Å². The van der Waals surface area contributed by atoms with Gasteiger partial charge in [-0.25, -0.2) is 0 Å². The van der Waals surface area contributed by atoms with E-state index < -0.39 is 0 Å². The number of quaternary nitrogens is 1. The molecule has 2 heterocycles. The summed E-state index contributed by atoms with van der Waals surface area (Å²) >= 11 is 0. The molecule has 1 saturated heterocycles. The molecule has 0 aromatic heterocycles. The minimum atomic E-state index is 0.624. The third kappa shape index (κ3) is 1.91. The molecule has 4 rings (SSSR count). The summed E-state index contributed by atoms with van der Waals surface area (Å²) in [4.78, 5) is 0. The van der Waals surface area contributed by atoms with Crippen molar-refractivity contribution in [3.63, 3.8) is 0 Å². The number of hydrogen-bond donors (Lipinski definition) is 0. The van der Waals surface area contributed by atoms with Crippen LogP contribution in [0.4, 0.5) is 0 Å². The van der Waals surface area contributed by atoms with Gasteiger partial charge in [-0.1, -0.05) is 12.2 Å². The van der Waals surface area contributed by atoms with E-state index in [4.69, 9.17) is 9.47 Å². The van der Waals surface area contributed by atoms with E-state index in [0.29, 0.717) is 6.04 Å². The van der Waals surface area contributed by atoms with Gasteiger partial charge in [0.2, 0.25) is 0 Å². The van der Waals surface area contributed by atoms with Crippen molar-refractivity contribution in [1.82, 2.24) is 0 Å². The van der Waals surface area contributed by atoms with E-state index in [1.807, 2.05) is 0 Å². The molecular formula is C19H26NO2+. The van der Waals surface area contributed by atoms with Crippen molar-refractivity contribution < 1.29 is 14.0 Å². The second-order valence-electron chi connectivity index (χ2n) is 7.35. The van der Waals surface area contributed by atoms with Gasteiger partial charge in [0, 0.05) is 23.8 Å². The van der Waals surface area contributed by atoms with Gasteiger partial charge in [0.1, 0.15) is 6.04 Å². The first kappa shape index (κ1) is 14.1. The third-order valence-electron chi connectivity index (χ3n) is 6.20. The zero-order chi connectivity index (χ0) is 15.3. The van der Waals surface area contributed by atoms with Crippen LogP contribution in [0.5, 0.6) is 11.5 Å². The van der Waals surface area contributed by atoms with E-state index in [-0.39, 0.29) is 0 Å². The molecule has 0 saturated carbocycles. The van der Waals surface area contributed by atoms with Crippen LogP contribution < -0.4 is 9.47 Å². The summed E-state index contributed by atoms with van der Waals surface area (Å²) in [5.74, 6) is 3.38. The van der Waals surface area contributed by atoms with Crippen molar-refractivity contribution in [1.29, 1.82) is 0 Å². The number of benzene rings is 1. The molecule has 3 nitrogen and oxygen atoms in total. The molecule has 118 valence electrons. The molecule has 0 bridgehead atoms. The Hall–Kier alpha value is -1.48. The smallest absolute Gasteiger partial charge is 0.161 e. The zero-order valence-corrected chi connectivity index (χ0v) is 13.8. The van der Waals surface area contributed by atoms with Gasteiger partial charge < -0.3 is 14.0 Å². The molecule has 1 fully saturated rings. The highest BCUT2D eigenvalue weighted by Gasteiger charge is 2.54. The summed E-state index contributed by atoms with van der Waals surface area (Å²) in [6.45, 7) is 2.58. The Bertz CT molecular complexity index is 624. The van der Waals surface area contributed by atoms with E-state index in [1.165, 1.54) is 41.5 Å². The average molecular weight is 300 g/mol. The maximum atomic E-state index is 5.57. The van der Waals surface area contributed by atoms with Crippen molar-refractivity contribution in [2.24, 2.45) is 11.8 Å². The van der Waals surface area contributed by atoms with Crippen LogP contribution >= 0.6 is 0 Å². The van der Waals surface area contributed by atoms with E-state index in [0.717, 1.165) is 29.8 Å². The lowest BCUT2D eigenvalue weighted by molar-refractivity contribution is -0.931. The predicted octanol–water partition coefficient (Wildman–Crippen LogP) is 3.34. The van der Waals surface area contributed by atoms with Crippen molar-refractivity contribution >= 4 is 0 Å². The highest BCUT2D eigenvalue weighted by Crippen LogP contribution is 2.53. The summed E-state index contributed by atoms with van der Waals surface area (Å²) in [5, 5.41) is 0. The normalized spacial score (nSPS) is 35.5. The van der Waals surface area contributed by atoms with Gasteiger partial charge >= 0.3 is 0 Å². The van der Waals surface area contributed by atoms with Crippen LogP contribution in [-0.2, 0) is 6.42 Å². The number of fused-ring (bicyclic) bond motifs is 5. The summed E-state index contributed by atoms with van der Waals surface area (Å²) < 4.78 is 12.3. The first-order valence-corrected chi connectivity index (χ1v) is 8.40. The zero-order valence-electron chi connectivity index (χ0n) is 13.8. The molecule has 0 spiro atoms. The quantitative estimate of drug-likeness (QED) is 0.616. The molecule has 4 atom stereocenters. The molecule has 1 aromatic carbocycles. The lowest BCUT2D eigenvalue weighted by Gasteiger charge is -2.42. The number of allylic oxidation sites excluding steroid dienone is 2. The fourth-order valence-electron chi connectivity index (χ4n) is 5.20. The standard InChI is InChI=1S/C19H26NO2/c1-20-9-8-13-10-17(21-2)18(22-3)11-16(13)19(20)15-7-5-4-6-14(15)12-20/h4-5,10-11,14-15,19H,6-9,12H2,1-3H3/q+1/t14-,15+,19-,20-/m0/s1. The van der Waals surface area contributed by atoms with Crippen LogP contribution in [0.15, 0.2) is 24.3 Å². The number of likely N-dealkylation sites (N-methyl/N-ethyl adjacent to an activating group) is 1. The monoisotopic (exact) mass is 300 g/mol. The molecule has 22 heavy (non-hydrogen) atoms. The molecule has 3 heteroatoms. The van der Waals surface area contributed by atoms with Crippen LogP contribution in [-0.4, -0.2) is 38.8 Å². The lowest BCUT2D eigenvalue weighted by atomic mass is 9.77. The number of hydrogen-bond acceptors (Lipinski definition) is 2. The van der Waals surface area contributed by atoms with E-state index in [2.05, 4.69) is 31.3 Å². The van der Waals surface area contributed by atoms with Gasteiger partial charge in [0.25, 0.3) is 0 Å². The summed E-state index contributed by atoms with van der Waals surface area (Å²) in [6, 6.07) is 5.09. The Balaban J connectivity index is 1.82. The first-order valence-electron chi connectivity index (χ1n) is 8.40. The fraction of sp³-hybridized carbons (Fsp3) is 0.579. The van der Waals surface area contributed by atoms with Crippen LogP contribution in [0.3, 0.4) is 0 Å². The van der Waals surface area contributed by atoms with Gasteiger partial charge in [-0.2, -0.15) is 0 Å². The molecule has 1 aliphatic carbocycles. The van der Waals surface area contributed by atoms with Crippen molar-refractivity contribution in [2.45, 2.75) is 25.3 Å². The van der Waals surface area contributed by atoms with Gasteiger partial charge in [0.05, 0.1) is 34.4 Å². The Kier molecular flexibility index (Phi) is 3.23. The van der Waals surface area contributed by atoms with E-state index in [9.17, 15) is 0 Å². The highest BCUT2D eigenvalue weighted by atomic mass is 16.5. The van der Waals surface area contributed by atoms with Crippen LogP contribution in [0, 0.1) is 11.8 Å². The van der Waals surface area contributed by atoms with Crippen molar-refractivity contribution in [3.8, 4) is 11.5 Å². The minimum absolute atomic E-state index is 0.624. The lowest BCUT2D eigenvalue weighted by Crippen LogP contribution is -2.48. The number of nitrogens with zero attached hydrogens (tertiary/aromatic N) is 1. The first-order chi connectivity index (χ1) is 10.7. The highest BCUT2D eigenvalue weighted by molar-refractivity contribution is 5.49. The average Bonchev–Trinajstić information content (AvgIpc) is 2.85. The Morgan fingerprint density at radius 3 is 2.55 bits per heavy atom. The molecule has 2 aliphatic heterocycles. The SMILES string of the molecule is COc1cc2c(cc1OC)[C@@H]1[C@@H]3CC=CC[C@H]3C[N@+]1(C)CC2. The number of methoxy groups -OCH3 is 2.